The highest BCUT2D eigenvalue weighted by Gasteiger charge is 1.93. The molecule has 88 valence electrons. The number of primary amides is 2. The van der Waals surface area contributed by atoms with Crippen LogP contribution >= 0.6 is 11.8 Å². The van der Waals surface area contributed by atoms with Crippen molar-refractivity contribution in [3.05, 3.63) is 60.7 Å². The van der Waals surface area contributed by atoms with Crippen molar-refractivity contribution in [2.24, 2.45) is 11.5 Å². The highest BCUT2D eigenvalue weighted by atomic mass is 32.2. The van der Waals surface area contributed by atoms with Crippen LogP contribution in [-0.2, 0) is 0 Å². The van der Waals surface area contributed by atoms with Gasteiger partial charge in [0.2, 0.25) is 0 Å². The number of urea groups is 1. The maximum absolute atomic E-state index is 9.00. The van der Waals surface area contributed by atoms with E-state index in [1.54, 1.807) is 11.8 Å². The number of benzene rings is 2. The smallest absolute Gasteiger partial charge is 0.309 e. The van der Waals surface area contributed by atoms with E-state index in [1.165, 1.54) is 9.79 Å². The lowest BCUT2D eigenvalue weighted by molar-refractivity contribution is 0.256. The molecule has 0 aromatic heterocycles. The van der Waals surface area contributed by atoms with Gasteiger partial charge in [0, 0.05) is 9.79 Å². The number of hydrogen-bond donors (Lipinski definition) is 2. The van der Waals surface area contributed by atoms with E-state index in [-0.39, 0.29) is 0 Å². The van der Waals surface area contributed by atoms with Crippen molar-refractivity contribution < 1.29 is 4.79 Å². The lowest BCUT2D eigenvalue weighted by atomic mass is 10.4. The van der Waals surface area contributed by atoms with Crippen LogP contribution in [0.5, 0.6) is 0 Å². The molecular weight excluding hydrogens is 232 g/mol. The number of carbonyl (C=O) groups excluding carboxylic acids is 1. The van der Waals surface area contributed by atoms with Crippen molar-refractivity contribution in [3.63, 3.8) is 0 Å². The van der Waals surface area contributed by atoms with Crippen LogP contribution in [-0.4, -0.2) is 6.03 Å². The average Bonchev–Trinajstić information content (AvgIpc) is 2.31. The molecule has 0 saturated carbocycles. The molecule has 3 nitrogen and oxygen atoms in total. The van der Waals surface area contributed by atoms with Crippen molar-refractivity contribution in [3.8, 4) is 0 Å². The molecule has 0 atom stereocenters. The summed E-state index contributed by atoms with van der Waals surface area (Å²) in [6, 6.07) is 20.0. The van der Waals surface area contributed by atoms with Crippen LogP contribution in [0, 0.1) is 0 Å². The van der Waals surface area contributed by atoms with Crippen LogP contribution in [0.25, 0.3) is 0 Å². The maximum Gasteiger partial charge on any atom is 0.309 e. The van der Waals surface area contributed by atoms with E-state index in [2.05, 4.69) is 60.0 Å². The zero-order valence-electron chi connectivity index (χ0n) is 9.24. The predicted octanol–water partition coefficient (Wildman–Crippen LogP) is 2.86. The number of hydrogen-bond acceptors (Lipinski definition) is 2. The molecule has 2 rings (SSSR count). The molecule has 0 unspecified atom stereocenters. The Morgan fingerprint density at radius 1 is 0.765 bits per heavy atom. The third-order valence-electron chi connectivity index (χ3n) is 1.72. The summed E-state index contributed by atoms with van der Waals surface area (Å²) < 4.78 is 0. The van der Waals surface area contributed by atoms with Crippen LogP contribution in [0.15, 0.2) is 70.5 Å². The Morgan fingerprint density at radius 2 is 1.06 bits per heavy atom. The van der Waals surface area contributed by atoms with E-state index in [0.717, 1.165) is 0 Å². The normalized spacial score (nSPS) is 8.94. The zero-order chi connectivity index (χ0) is 12.5. The Bertz CT molecular complexity index is 404. The Morgan fingerprint density at radius 3 is 1.35 bits per heavy atom. The van der Waals surface area contributed by atoms with Crippen molar-refractivity contribution in [2.45, 2.75) is 9.79 Å². The fourth-order valence-corrected chi connectivity index (χ4v) is 1.97. The van der Waals surface area contributed by atoms with E-state index in [9.17, 15) is 0 Å². The molecule has 0 aliphatic rings. The standard InChI is InChI=1S/C12H10S.CH4N2O/c1-3-7-11(8-4-1)13-12-9-5-2-6-10-12;2-1(3)4/h1-10H;(H4,2,3,4). The van der Waals surface area contributed by atoms with Gasteiger partial charge in [0.15, 0.2) is 0 Å². The number of rotatable bonds is 2. The van der Waals surface area contributed by atoms with Gasteiger partial charge in [-0.25, -0.2) is 4.79 Å². The van der Waals surface area contributed by atoms with Crippen molar-refractivity contribution in [2.75, 3.05) is 0 Å². The summed E-state index contributed by atoms with van der Waals surface area (Å²) in [6.45, 7) is 0. The SMILES string of the molecule is NC(N)=O.c1ccc(Sc2ccccc2)cc1. The van der Waals surface area contributed by atoms with E-state index in [0.29, 0.717) is 0 Å². The molecule has 0 heterocycles. The summed E-state index contributed by atoms with van der Waals surface area (Å²) in [7, 11) is 0. The summed E-state index contributed by atoms with van der Waals surface area (Å²) in [5, 5.41) is 0. The molecule has 17 heavy (non-hydrogen) atoms. The highest BCUT2D eigenvalue weighted by molar-refractivity contribution is 7.99. The first-order valence-electron chi connectivity index (χ1n) is 5.01. The molecule has 0 bridgehead atoms. The Kier molecular flexibility index (Phi) is 5.68. The van der Waals surface area contributed by atoms with Gasteiger partial charge in [-0.15, -0.1) is 0 Å². The summed E-state index contributed by atoms with van der Waals surface area (Å²) in [4.78, 5) is 11.6. The number of nitrogens with two attached hydrogens (primary N) is 2. The van der Waals surface area contributed by atoms with E-state index < -0.39 is 6.03 Å². The summed E-state index contributed by atoms with van der Waals surface area (Å²) in [5.41, 5.74) is 8.50. The minimum absolute atomic E-state index is 0.833. The van der Waals surface area contributed by atoms with Gasteiger partial charge in [0.1, 0.15) is 0 Å². The molecule has 2 amide bonds. The quantitative estimate of drug-likeness (QED) is 0.855. The minimum atomic E-state index is -0.833. The summed E-state index contributed by atoms with van der Waals surface area (Å²) >= 11 is 1.79. The molecule has 2 aromatic rings. The second-order valence-electron chi connectivity index (χ2n) is 3.13. The van der Waals surface area contributed by atoms with Crippen molar-refractivity contribution >= 4 is 17.8 Å². The summed E-state index contributed by atoms with van der Waals surface area (Å²) in [5.74, 6) is 0. The molecule has 0 spiro atoms. The van der Waals surface area contributed by atoms with Gasteiger partial charge < -0.3 is 11.5 Å². The Labute approximate surface area is 105 Å². The largest absolute Gasteiger partial charge is 0.352 e. The van der Waals surface area contributed by atoms with Gasteiger partial charge in [-0.3, -0.25) is 0 Å². The third kappa shape index (κ3) is 6.27. The molecule has 4 N–H and O–H groups in total. The number of amides is 2. The monoisotopic (exact) mass is 246 g/mol. The second-order valence-corrected chi connectivity index (χ2v) is 4.28. The second kappa shape index (κ2) is 7.35. The Hall–Kier alpha value is -1.94. The molecule has 0 fully saturated rings. The van der Waals surface area contributed by atoms with Gasteiger partial charge in [-0.1, -0.05) is 48.2 Å². The topological polar surface area (TPSA) is 69.1 Å². The third-order valence-corrected chi connectivity index (χ3v) is 2.74. The lowest BCUT2D eigenvalue weighted by Crippen LogP contribution is -2.18. The van der Waals surface area contributed by atoms with E-state index >= 15 is 0 Å². The van der Waals surface area contributed by atoms with Crippen LogP contribution in [0.2, 0.25) is 0 Å². The maximum atomic E-state index is 9.00. The van der Waals surface area contributed by atoms with Crippen LogP contribution in [0.4, 0.5) is 4.79 Å². The van der Waals surface area contributed by atoms with Crippen LogP contribution in [0.3, 0.4) is 0 Å². The fourth-order valence-electron chi connectivity index (χ4n) is 1.11. The molecule has 0 radical (unpaired) electrons. The predicted molar refractivity (Wildman–Crippen MR) is 70.8 cm³/mol. The van der Waals surface area contributed by atoms with Gasteiger partial charge in [0.05, 0.1) is 0 Å². The van der Waals surface area contributed by atoms with Gasteiger partial charge in [-0.2, -0.15) is 0 Å². The molecular formula is C13H14N2OS. The molecule has 0 aliphatic carbocycles. The summed E-state index contributed by atoms with van der Waals surface area (Å²) in [6.07, 6.45) is 0. The first-order valence-corrected chi connectivity index (χ1v) is 5.83. The van der Waals surface area contributed by atoms with Gasteiger partial charge in [0.25, 0.3) is 0 Å². The van der Waals surface area contributed by atoms with Crippen LogP contribution < -0.4 is 11.5 Å². The average molecular weight is 246 g/mol. The number of carbonyl (C=O) groups is 1. The fraction of sp³-hybridized carbons (Fsp3) is 0. The first-order chi connectivity index (χ1) is 8.18. The van der Waals surface area contributed by atoms with Crippen LogP contribution in [0.1, 0.15) is 0 Å². The van der Waals surface area contributed by atoms with Gasteiger partial charge >= 0.3 is 6.03 Å². The van der Waals surface area contributed by atoms with E-state index in [4.69, 9.17) is 4.79 Å². The van der Waals surface area contributed by atoms with Gasteiger partial charge in [-0.05, 0) is 24.3 Å². The molecule has 4 heteroatoms. The lowest BCUT2D eigenvalue weighted by Gasteiger charge is -1.99. The zero-order valence-corrected chi connectivity index (χ0v) is 10.1. The van der Waals surface area contributed by atoms with Crippen molar-refractivity contribution in [1.29, 1.82) is 0 Å². The first kappa shape index (κ1) is 13.1. The molecule has 2 aromatic carbocycles. The Balaban J connectivity index is 0.000000317. The highest BCUT2D eigenvalue weighted by Crippen LogP contribution is 2.26. The molecule has 0 saturated heterocycles. The van der Waals surface area contributed by atoms with Crippen molar-refractivity contribution in [1.82, 2.24) is 0 Å². The molecule has 0 aliphatic heterocycles. The minimum Gasteiger partial charge on any atom is -0.352 e. The van der Waals surface area contributed by atoms with E-state index in [1.807, 2.05) is 12.1 Å².